The van der Waals surface area contributed by atoms with Gasteiger partial charge in [-0.25, -0.2) is 4.39 Å². The lowest BCUT2D eigenvalue weighted by atomic mass is 10.1. The van der Waals surface area contributed by atoms with Crippen molar-refractivity contribution in [2.45, 2.75) is 13.5 Å². The van der Waals surface area contributed by atoms with E-state index in [1.54, 1.807) is 6.92 Å². The standard InChI is InChI=1S/C19H18FNO4/c1-11-18(25-13-6-4-12(20)5-7-13)17(23)14-8-9-16(22)15(10-21(2)3)19(14)24-11/h4-9,22H,10H2,1-3H3. The maximum Gasteiger partial charge on any atom is 0.235 e. The lowest BCUT2D eigenvalue weighted by molar-refractivity contribution is 0.381. The highest BCUT2D eigenvalue weighted by molar-refractivity contribution is 5.83. The molecule has 5 nitrogen and oxygen atoms in total. The van der Waals surface area contributed by atoms with Crippen LogP contribution in [-0.4, -0.2) is 24.1 Å². The molecule has 0 aliphatic carbocycles. The van der Waals surface area contributed by atoms with Gasteiger partial charge in [-0.3, -0.25) is 4.79 Å². The Kier molecular flexibility index (Phi) is 4.46. The van der Waals surface area contributed by atoms with E-state index in [1.807, 2.05) is 19.0 Å². The van der Waals surface area contributed by atoms with Crippen LogP contribution in [0.3, 0.4) is 0 Å². The summed E-state index contributed by atoms with van der Waals surface area (Å²) in [5, 5.41) is 10.4. The Labute approximate surface area is 143 Å². The van der Waals surface area contributed by atoms with Crippen molar-refractivity contribution in [3.63, 3.8) is 0 Å². The van der Waals surface area contributed by atoms with Crippen molar-refractivity contribution in [2.24, 2.45) is 0 Å². The second kappa shape index (κ2) is 6.57. The average Bonchev–Trinajstić information content (AvgIpc) is 2.56. The predicted molar refractivity (Wildman–Crippen MR) is 92.8 cm³/mol. The van der Waals surface area contributed by atoms with Crippen molar-refractivity contribution in [3.8, 4) is 17.2 Å². The molecule has 1 heterocycles. The van der Waals surface area contributed by atoms with Gasteiger partial charge in [0.15, 0.2) is 0 Å². The van der Waals surface area contributed by atoms with E-state index in [9.17, 15) is 14.3 Å². The number of aryl methyl sites for hydroxylation is 1. The van der Waals surface area contributed by atoms with Gasteiger partial charge in [0.2, 0.25) is 11.2 Å². The molecule has 0 atom stereocenters. The molecule has 1 aromatic heterocycles. The van der Waals surface area contributed by atoms with E-state index in [1.165, 1.54) is 36.4 Å². The van der Waals surface area contributed by atoms with Gasteiger partial charge in [-0.2, -0.15) is 0 Å². The summed E-state index contributed by atoms with van der Waals surface area (Å²) >= 11 is 0. The monoisotopic (exact) mass is 343 g/mol. The molecule has 0 saturated heterocycles. The highest BCUT2D eigenvalue weighted by atomic mass is 19.1. The third kappa shape index (κ3) is 3.34. The summed E-state index contributed by atoms with van der Waals surface area (Å²) in [4.78, 5) is 14.7. The van der Waals surface area contributed by atoms with Gasteiger partial charge < -0.3 is 19.2 Å². The molecule has 0 bridgehead atoms. The van der Waals surface area contributed by atoms with Crippen LogP contribution >= 0.6 is 0 Å². The van der Waals surface area contributed by atoms with Crippen molar-refractivity contribution >= 4 is 11.0 Å². The smallest absolute Gasteiger partial charge is 0.235 e. The van der Waals surface area contributed by atoms with E-state index in [0.717, 1.165) is 0 Å². The lowest BCUT2D eigenvalue weighted by Gasteiger charge is -2.14. The first-order valence-corrected chi connectivity index (χ1v) is 7.73. The number of fused-ring (bicyclic) bond motifs is 1. The number of nitrogens with zero attached hydrogens (tertiary/aromatic N) is 1. The number of ether oxygens (including phenoxy) is 1. The van der Waals surface area contributed by atoms with Gasteiger partial charge in [0.1, 0.15) is 28.7 Å². The van der Waals surface area contributed by atoms with Crippen LogP contribution in [0.25, 0.3) is 11.0 Å². The fourth-order valence-electron chi connectivity index (χ4n) is 2.60. The molecule has 130 valence electrons. The number of phenols is 1. The number of phenolic OH excluding ortho intramolecular Hbond substituents is 1. The largest absolute Gasteiger partial charge is 0.507 e. The summed E-state index contributed by atoms with van der Waals surface area (Å²) in [7, 11) is 3.71. The Balaban J connectivity index is 2.14. The van der Waals surface area contributed by atoms with Gasteiger partial charge >= 0.3 is 0 Å². The van der Waals surface area contributed by atoms with Gasteiger partial charge in [0.25, 0.3) is 0 Å². The molecular formula is C19H18FNO4. The van der Waals surface area contributed by atoms with Crippen molar-refractivity contribution in [3.05, 3.63) is 63.8 Å². The van der Waals surface area contributed by atoms with Crippen molar-refractivity contribution in [1.29, 1.82) is 0 Å². The van der Waals surface area contributed by atoms with E-state index >= 15 is 0 Å². The molecule has 0 fully saturated rings. The minimum atomic E-state index is -0.390. The molecular weight excluding hydrogens is 325 g/mol. The minimum Gasteiger partial charge on any atom is -0.507 e. The average molecular weight is 343 g/mol. The first-order valence-electron chi connectivity index (χ1n) is 7.73. The molecule has 0 aliphatic heterocycles. The van der Waals surface area contributed by atoms with Gasteiger partial charge in [-0.1, -0.05) is 0 Å². The topological polar surface area (TPSA) is 62.9 Å². The van der Waals surface area contributed by atoms with Crippen LogP contribution in [-0.2, 0) is 6.54 Å². The first-order chi connectivity index (χ1) is 11.9. The molecule has 0 saturated carbocycles. The van der Waals surface area contributed by atoms with E-state index in [4.69, 9.17) is 9.15 Å². The molecule has 3 aromatic rings. The number of hydrogen-bond donors (Lipinski definition) is 1. The third-order valence-corrected chi connectivity index (χ3v) is 3.77. The summed E-state index contributed by atoms with van der Waals surface area (Å²) < 4.78 is 24.4. The van der Waals surface area contributed by atoms with E-state index in [-0.39, 0.29) is 22.7 Å². The molecule has 0 radical (unpaired) electrons. The number of aromatic hydroxyl groups is 1. The Hall–Kier alpha value is -2.86. The highest BCUT2D eigenvalue weighted by Gasteiger charge is 2.18. The molecule has 2 aromatic carbocycles. The zero-order valence-corrected chi connectivity index (χ0v) is 14.2. The van der Waals surface area contributed by atoms with Crippen LogP contribution in [0.1, 0.15) is 11.3 Å². The molecule has 3 rings (SSSR count). The van der Waals surface area contributed by atoms with Gasteiger partial charge in [0, 0.05) is 6.54 Å². The number of halogens is 1. The zero-order valence-electron chi connectivity index (χ0n) is 14.2. The summed E-state index contributed by atoms with van der Waals surface area (Å²) in [5.74, 6) is 0.339. The normalized spacial score (nSPS) is 11.2. The lowest BCUT2D eigenvalue weighted by Crippen LogP contribution is -2.13. The molecule has 0 spiro atoms. The second-order valence-electron chi connectivity index (χ2n) is 6.05. The third-order valence-electron chi connectivity index (χ3n) is 3.77. The maximum atomic E-state index is 13.0. The van der Waals surface area contributed by atoms with Crippen molar-refractivity contribution in [2.75, 3.05) is 14.1 Å². The summed E-state index contributed by atoms with van der Waals surface area (Å²) in [6.45, 7) is 2.03. The van der Waals surface area contributed by atoms with E-state index in [0.29, 0.717) is 28.8 Å². The van der Waals surface area contributed by atoms with Crippen LogP contribution in [0.5, 0.6) is 17.2 Å². The van der Waals surface area contributed by atoms with Crippen molar-refractivity contribution in [1.82, 2.24) is 4.90 Å². The first kappa shape index (κ1) is 17.0. The Morgan fingerprint density at radius 2 is 1.84 bits per heavy atom. The Bertz CT molecular complexity index is 977. The van der Waals surface area contributed by atoms with Gasteiger partial charge in [-0.05, 0) is 57.4 Å². The predicted octanol–water partition coefficient (Wildman–Crippen LogP) is 3.80. The Morgan fingerprint density at radius 1 is 1.16 bits per heavy atom. The number of hydrogen-bond acceptors (Lipinski definition) is 5. The van der Waals surface area contributed by atoms with Crippen LogP contribution in [0.4, 0.5) is 4.39 Å². The van der Waals surface area contributed by atoms with Crippen LogP contribution in [0, 0.1) is 12.7 Å². The van der Waals surface area contributed by atoms with Crippen LogP contribution < -0.4 is 10.2 Å². The van der Waals surface area contributed by atoms with Crippen molar-refractivity contribution < 1.29 is 18.7 Å². The molecule has 0 amide bonds. The zero-order chi connectivity index (χ0) is 18.1. The molecule has 0 aliphatic rings. The fraction of sp³-hybridized carbons (Fsp3) is 0.211. The molecule has 25 heavy (non-hydrogen) atoms. The molecule has 0 unspecified atom stereocenters. The fourth-order valence-corrected chi connectivity index (χ4v) is 2.60. The summed E-state index contributed by atoms with van der Waals surface area (Å²) in [6, 6.07) is 8.35. The minimum absolute atomic E-state index is 0.0422. The number of rotatable bonds is 4. The SMILES string of the molecule is Cc1oc2c(CN(C)C)c(O)ccc2c(=O)c1Oc1ccc(F)cc1. The van der Waals surface area contributed by atoms with Gasteiger partial charge in [0.05, 0.1) is 10.9 Å². The summed E-state index contributed by atoms with van der Waals surface area (Å²) in [5.41, 5.74) is 0.529. The number of benzene rings is 2. The quantitative estimate of drug-likeness (QED) is 0.781. The van der Waals surface area contributed by atoms with E-state index < -0.39 is 5.82 Å². The van der Waals surface area contributed by atoms with E-state index in [2.05, 4.69) is 0 Å². The highest BCUT2D eigenvalue weighted by Crippen LogP contribution is 2.31. The van der Waals surface area contributed by atoms with Gasteiger partial charge in [-0.15, -0.1) is 0 Å². The van der Waals surface area contributed by atoms with Crippen LogP contribution in [0.2, 0.25) is 0 Å². The second-order valence-corrected chi connectivity index (χ2v) is 6.05. The Morgan fingerprint density at radius 3 is 2.48 bits per heavy atom. The summed E-state index contributed by atoms with van der Waals surface area (Å²) in [6.07, 6.45) is 0. The molecule has 6 heteroatoms. The van der Waals surface area contributed by atoms with Crippen LogP contribution in [0.15, 0.2) is 45.6 Å². The molecule has 1 N–H and O–H groups in total. The maximum absolute atomic E-state index is 13.0.